The van der Waals surface area contributed by atoms with Crippen molar-refractivity contribution in [1.29, 1.82) is 0 Å². The Hall–Kier alpha value is -1.24. The molecule has 0 fully saturated rings. The van der Waals surface area contributed by atoms with Gasteiger partial charge in [0.1, 0.15) is 5.75 Å². The zero-order valence-corrected chi connectivity index (χ0v) is 9.10. The Labute approximate surface area is 91.0 Å². The molecule has 0 aliphatic rings. The van der Waals surface area contributed by atoms with Crippen LogP contribution in [0.1, 0.15) is 12.5 Å². The van der Waals surface area contributed by atoms with Crippen molar-refractivity contribution in [1.82, 2.24) is 0 Å². The van der Waals surface area contributed by atoms with Crippen LogP contribution in [-0.2, 0) is 16.3 Å². The van der Waals surface area contributed by atoms with Crippen LogP contribution in [0.5, 0.6) is 5.75 Å². The summed E-state index contributed by atoms with van der Waals surface area (Å²) in [6.07, 6.45) is -4.44. The van der Waals surface area contributed by atoms with E-state index in [1.54, 1.807) is 0 Å². The van der Waals surface area contributed by atoms with Crippen LogP contribution in [0.3, 0.4) is 0 Å². The SMILES string of the molecule is CCS(=O)(=O)Oc1ccc(C(F)(F)F)cc1. The van der Waals surface area contributed by atoms with Crippen molar-refractivity contribution in [3.8, 4) is 5.75 Å². The monoisotopic (exact) mass is 254 g/mol. The molecule has 0 saturated heterocycles. The highest BCUT2D eigenvalue weighted by molar-refractivity contribution is 7.87. The average Bonchev–Trinajstić information content (AvgIpc) is 2.16. The van der Waals surface area contributed by atoms with E-state index in [0.29, 0.717) is 0 Å². The highest BCUT2D eigenvalue weighted by Crippen LogP contribution is 2.30. The van der Waals surface area contributed by atoms with E-state index in [2.05, 4.69) is 4.18 Å². The second kappa shape index (κ2) is 4.32. The number of hydrogen-bond donors (Lipinski definition) is 0. The van der Waals surface area contributed by atoms with Crippen LogP contribution in [0, 0.1) is 0 Å². The number of hydrogen-bond acceptors (Lipinski definition) is 3. The van der Waals surface area contributed by atoms with Gasteiger partial charge in [-0.05, 0) is 31.2 Å². The normalized spacial score (nSPS) is 12.5. The van der Waals surface area contributed by atoms with E-state index in [4.69, 9.17) is 0 Å². The van der Waals surface area contributed by atoms with E-state index < -0.39 is 21.9 Å². The number of rotatable bonds is 3. The molecule has 0 aliphatic carbocycles. The molecule has 3 nitrogen and oxygen atoms in total. The molecule has 0 bridgehead atoms. The summed E-state index contributed by atoms with van der Waals surface area (Å²) in [6.45, 7) is 1.37. The Morgan fingerprint density at radius 3 is 2.06 bits per heavy atom. The van der Waals surface area contributed by atoms with Gasteiger partial charge in [0.15, 0.2) is 0 Å². The molecule has 0 saturated carbocycles. The van der Waals surface area contributed by atoms with Gasteiger partial charge in [0.2, 0.25) is 0 Å². The van der Waals surface area contributed by atoms with Crippen molar-refractivity contribution in [3.05, 3.63) is 29.8 Å². The third-order valence-corrected chi connectivity index (χ3v) is 2.91. The Kier molecular flexibility index (Phi) is 3.47. The molecule has 90 valence electrons. The maximum absolute atomic E-state index is 12.2. The van der Waals surface area contributed by atoms with Crippen molar-refractivity contribution >= 4 is 10.1 Å². The predicted molar refractivity (Wildman–Crippen MR) is 51.5 cm³/mol. The van der Waals surface area contributed by atoms with Crippen molar-refractivity contribution < 1.29 is 25.8 Å². The highest BCUT2D eigenvalue weighted by atomic mass is 32.2. The first kappa shape index (κ1) is 12.8. The van der Waals surface area contributed by atoms with E-state index in [-0.39, 0.29) is 11.5 Å². The molecule has 0 aromatic heterocycles. The van der Waals surface area contributed by atoms with Gasteiger partial charge in [-0.15, -0.1) is 0 Å². The minimum absolute atomic E-state index is 0.130. The van der Waals surface area contributed by atoms with E-state index in [0.717, 1.165) is 24.3 Å². The zero-order chi connectivity index (χ0) is 12.4. The Morgan fingerprint density at radius 2 is 1.69 bits per heavy atom. The summed E-state index contributed by atoms with van der Waals surface area (Å²) >= 11 is 0. The van der Waals surface area contributed by atoms with Crippen LogP contribution in [0.25, 0.3) is 0 Å². The van der Waals surface area contributed by atoms with Crippen molar-refractivity contribution in [2.45, 2.75) is 13.1 Å². The predicted octanol–water partition coefficient (Wildman–Crippen LogP) is 2.43. The van der Waals surface area contributed by atoms with E-state index in [9.17, 15) is 21.6 Å². The van der Waals surface area contributed by atoms with Gasteiger partial charge in [-0.1, -0.05) is 0 Å². The number of benzene rings is 1. The van der Waals surface area contributed by atoms with Gasteiger partial charge < -0.3 is 4.18 Å². The summed E-state index contributed by atoms with van der Waals surface area (Å²) in [4.78, 5) is 0. The number of alkyl halides is 3. The summed E-state index contributed by atoms with van der Waals surface area (Å²) in [5.74, 6) is -0.372. The molecule has 1 aromatic rings. The van der Waals surface area contributed by atoms with Crippen LogP contribution in [0.4, 0.5) is 13.2 Å². The van der Waals surface area contributed by atoms with Crippen LogP contribution < -0.4 is 4.18 Å². The number of halogens is 3. The van der Waals surface area contributed by atoms with E-state index in [1.807, 2.05) is 0 Å². The van der Waals surface area contributed by atoms with Gasteiger partial charge in [-0.25, -0.2) is 0 Å². The van der Waals surface area contributed by atoms with Gasteiger partial charge in [0.05, 0.1) is 11.3 Å². The summed E-state index contributed by atoms with van der Waals surface area (Å²) < 4.78 is 63.0. The maximum atomic E-state index is 12.2. The molecule has 0 radical (unpaired) electrons. The summed E-state index contributed by atoms with van der Waals surface area (Å²) in [6, 6.07) is 3.47. The Bertz CT molecular complexity index is 448. The van der Waals surface area contributed by atoms with Crippen molar-refractivity contribution in [2.75, 3.05) is 5.75 Å². The van der Waals surface area contributed by atoms with Crippen LogP contribution in [0.2, 0.25) is 0 Å². The molecule has 0 N–H and O–H groups in total. The molecule has 7 heteroatoms. The smallest absolute Gasteiger partial charge is 0.382 e. The summed E-state index contributed by atoms with van der Waals surface area (Å²) in [5, 5.41) is 0. The molecule has 1 rings (SSSR count). The van der Waals surface area contributed by atoms with Gasteiger partial charge in [0.25, 0.3) is 0 Å². The Balaban J connectivity index is 2.89. The zero-order valence-electron chi connectivity index (χ0n) is 8.28. The first-order chi connectivity index (χ1) is 7.24. The van der Waals surface area contributed by atoms with Crippen molar-refractivity contribution in [3.63, 3.8) is 0 Å². The second-order valence-electron chi connectivity index (χ2n) is 2.95. The molecular weight excluding hydrogens is 245 g/mol. The topological polar surface area (TPSA) is 43.4 Å². The molecule has 0 spiro atoms. The molecule has 0 amide bonds. The van der Waals surface area contributed by atoms with Gasteiger partial charge in [0, 0.05) is 0 Å². The van der Waals surface area contributed by atoms with Crippen LogP contribution >= 0.6 is 0 Å². The minimum atomic E-state index is -4.44. The van der Waals surface area contributed by atoms with Gasteiger partial charge in [-0.2, -0.15) is 21.6 Å². The molecule has 0 unspecified atom stereocenters. The maximum Gasteiger partial charge on any atom is 0.416 e. The standard InChI is InChI=1S/C9H9F3O3S/c1-2-16(13,14)15-8-5-3-7(4-6-8)9(10,11)12/h3-6H,2H2,1H3. The highest BCUT2D eigenvalue weighted by Gasteiger charge is 2.30. The third-order valence-electron chi connectivity index (χ3n) is 1.76. The van der Waals surface area contributed by atoms with E-state index >= 15 is 0 Å². The quantitative estimate of drug-likeness (QED) is 0.778. The van der Waals surface area contributed by atoms with Crippen LogP contribution in [-0.4, -0.2) is 14.2 Å². The minimum Gasteiger partial charge on any atom is -0.382 e. The lowest BCUT2D eigenvalue weighted by atomic mass is 10.2. The summed E-state index contributed by atoms with van der Waals surface area (Å²) in [5.41, 5.74) is -0.853. The fraction of sp³-hybridized carbons (Fsp3) is 0.333. The molecule has 1 aromatic carbocycles. The van der Waals surface area contributed by atoms with Gasteiger partial charge >= 0.3 is 16.3 Å². The Morgan fingerprint density at radius 1 is 1.19 bits per heavy atom. The van der Waals surface area contributed by atoms with Gasteiger partial charge in [-0.3, -0.25) is 0 Å². The average molecular weight is 254 g/mol. The summed E-state index contributed by atoms with van der Waals surface area (Å²) in [7, 11) is -3.70. The molecule has 0 heterocycles. The van der Waals surface area contributed by atoms with Crippen molar-refractivity contribution in [2.24, 2.45) is 0 Å². The molecular formula is C9H9F3O3S. The van der Waals surface area contributed by atoms with E-state index in [1.165, 1.54) is 6.92 Å². The first-order valence-electron chi connectivity index (χ1n) is 4.34. The van der Waals surface area contributed by atoms with Crippen LogP contribution in [0.15, 0.2) is 24.3 Å². The fourth-order valence-corrected chi connectivity index (χ4v) is 1.43. The lowest BCUT2D eigenvalue weighted by Crippen LogP contribution is -2.11. The molecule has 16 heavy (non-hydrogen) atoms. The molecule has 0 aliphatic heterocycles. The lowest BCUT2D eigenvalue weighted by molar-refractivity contribution is -0.137. The lowest BCUT2D eigenvalue weighted by Gasteiger charge is -2.08. The third kappa shape index (κ3) is 3.41. The first-order valence-corrected chi connectivity index (χ1v) is 5.92. The second-order valence-corrected chi connectivity index (χ2v) is 4.81. The fourth-order valence-electron chi connectivity index (χ4n) is 0.905. The largest absolute Gasteiger partial charge is 0.416 e. The molecule has 0 atom stereocenters.